The Morgan fingerprint density at radius 2 is 2.14 bits per heavy atom. The van der Waals surface area contributed by atoms with Gasteiger partial charge in [-0.2, -0.15) is 0 Å². The first-order valence-electron chi connectivity index (χ1n) is 6.50. The van der Waals surface area contributed by atoms with Gasteiger partial charge < -0.3 is 10.6 Å². The molecule has 0 saturated heterocycles. The van der Waals surface area contributed by atoms with Gasteiger partial charge in [-0.1, -0.05) is 11.6 Å². The molecule has 0 fully saturated rings. The largest absolute Gasteiger partial charge is 0.384 e. The van der Waals surface area contributed by atoms with E-state index in [1.54, 1.807) is 6.07 Å². The number of hydrogen-bond donors (Lipinski definition) is 2. The number of benzene rings is 1. The third-order valence-corrected chi connectivity index (χ3v) is 4.29. The number of nitro groups is 1. The molecule has 0 unspecified atom stereocenters. The van der Waals surface area contributed by atoms with Gasteiger partial charge in [0.05, 0.1) is 14.8 Å². The van der Waals surface area contributed by atoms with Gasteiger partial charge in [0.15, 0.2) is 0 Å². The fourth-order valence-corrected chi connectivity index (χ4v) is 3.02. The van der Waals surface area contributed by atoms with Gasteiger partial charge in [0.2, 0.25) is 0 Å². The van der Waals surface area contributed by atoms with Crippen molar-refractivity contribution in [2.24, 2.45) is 0 Å². The number of hydrogen-bond acceptors (Lipinski definition) is 5. The predicted octanol–water partition coefficient (Wildman–Crippen LogP) is 3.32. The minimum absolute atomic E-state index is 0.116. The van der Waals surface area contributed by atoms with Gasteiger partial charge in [0, 0.05) is 36.3 Å². The quantitative estimate of drug-likeness (QED) is 0.624. The molecule has 1 aromatic heterocycles. The van der Waals surface area contributed by atoms with Crippen molar-refractivity contribution in [2.45, 2.75) is 6.42 Å². The molecule has 2 rings (SSSR count). The first-order chi connectivity index (χ1) is 10.5. The lowest BCUT2D eigenvalue weighted by Gasteiger charge is -2.10. The van der Waals surface area contributed by atoms with Gasteiger partial charge in [-0.15, -0.1) is 11.3 Å². The monoisotopic (exact) mass is 339 g/mol. The van der Waals surface area contributed by atoms with Gasteiger partial charge in [-0.05, 0) is 24.6 Å². The van der Waals surface area contributed by atoms with Gasteiger partial charge >= 0.3 is 0 Å². The lowest BCUT2D eigenvalue weighted by atomic mass is 10.1. The van der Waals surface area contributed by atoms with Crippen LogP contribution in [0.25, 0.3) is 0 Å². The molecular formula is C14H14ClN3O3S. The molecule has 0 aliphatic heterocycles. The normalized spacial score (nSPS) is 10.3. The second-order valence-electron chi connectivity index (χ2n) is 4.45. The molecule has 6 nitrogen and oxygen atoms in total. The molecule has 22 heavy (non-hydrogen) atoms. The van der Waals surface area contributed by atoms with E-state index in [2.05, 4.69) is 10.6 Å². The van der Waals surface area contributed by atoms with Crippen molar-refractivity contribution >= 4 is 40.2 Å². The Bertz CT molecular complexity index is 702. The highest BCUT2D eigenvalue weighted by Crippen LogP contribution is 2.24. The number of nitro benzene ring substituents is 1. The zero-order valence-electron chi connectivity index (χ0n) is 11.8. The molecule has 2 aromatic rings. The molecule has 1 amide bonds. The van der Waals surface area contributed by atoms with E-state index in [1.807, 2.05) is 12.1 Å². The van der Waals surface area contributed by atoms with E-state index < -0.39 is 4.92 Å². The van der Waals surface area contributed by atoms with E-state index in [1.165, 1.54) is 30.5 Å². The summed E-state index contributed by atoms with van der Waals surface area (Å²) in [4.78, 5) is 23.3. The smallest absolute Gasteiger partial charge is 0.270 e. The molecule has 1 heterocycles. The number of non-ortho nitro benzene ring substituents is 1. The highest BCUT2D eigenvalue weighted by Gasteiger charge is 2.15. The summed E-state index contributed by atoms with van der Waals surface area (Å²) in [5.74, 6) is -0.370. The SMILES string of the molecule is CNC(=O)c1cc([N+](=O)[O-])ccc1NCCc1ccc(Cl)s1. The molecule has 116 valence electrons. The summed E-state index contributed by atoms with van der Waals surface area (Å²) in [6, 6.07) is 7.97. The molecule has 0 atom stereocenters. The van der Waals surface area contributed by atoms with Crippen LogP contribution in [0, 0.1) is 10.1 Å². The number of carbonyl (C=O) groups excluding carboxylic acids is 1. The molecule has 8 heteroatoms. The average Bonchev–Trinajstić information content (AvgIpc) is 2.92. The van der Waals surface area contributed by atoms with Crippen LogP contribution < -0.4 is 10.6 Å². The topological polar surface area (TPSA) is 84.3 Å². The van der Waals surface area contributed by atoms with Crippen LogP contribution in [-0.2, 0) is 6.42 Å². The van der Waals surface area contributed by atoms with Crippen LogP contribution in [0.15, 0.2) is 30.3 Å². The maximum Gasteiger partial charge on any atom is 0.270 e. The molecule has 0 aliphatic rings. The number of thiophene rings is 1. The number of rotatable bonds is 6. The van der Waals surface area contributed by atoms with Crippen LogP contribution >= 0.6 is 22.9 Å². The zero-order chi connectivity index (χ0) is 16.1. The second kappa shape index (κ2) is 7.24. The Morgan fingerprint density at radius 1 is 1.36 bits per heavy atom. The minimum Gasteiger partial charge on any atom is -0.384 e. The van der Waals surface area contributed by atoms with Crippen molar-refractivity contribution in [3.05, 3.63) is 55.2 Å². The van der Waals surface area contributed by atoms with Crippen molar-refractivity contribution in [1.82, 2.24) is 5.32 Å². The maximum atomic E-state index is 11.9. The Labute approximate surface area is 136 Å². The molecular weight excluding hydrogens is 326 g/mol. The Hall–Kier alpha value is -2.12. The number of nitrogens with zero attached hydrogens (tertiary/aromatic N) is 1. The third-order valence-electron chi connectivity index (χ3n) is 3.00. The standard InChI is InChI=1S/C14H14ClN3O3S/c1-16-14(19)11-8-9(18(20)21)2-4-12(11)17-7-6-10-3-5-13(15)22-10/h2-5,8,17H,6-7H2,1H3,(H,16,19). The summed E-state index contributed by atoms with van der Waals surface area (Å²) in [6.07, 6.45) is 0.752. The highest BCUT2D eigenvalue weighted by molar-refractivity contribution is 7.16. The van der Waals surface area contributed by atoms with Gasteiger partial charge in [0.1, 0.15) is 0 Å². The van der Waals surface area contributed by atoms with Gasteiger partial charge in [-0.25, -0.2) is 0 Å². The summed E-state index contributed by atoms with van der Waals surface area (Å²) in [6.45, 7) is 0.596. The minimum atomic E-state index is -0.524. The maximum absolute atomic E-state index is 11.9. The van der Waals surface area contributed by atoms with E-state index in [0.717, 1.165) is 15.6 Å². The van der Waals surface area contributed by atoms with E-state index in [-0.39, 0.29) is 17.2 Å². The summed E-state index contributed by atoms with van der Waals surface area (Å²) < 4.78 is 0.733. The van der Waals surface area contributed by atoms with Crippen molar-refractivity contribution in [1.29, 1.82) is 0 Å². The lowest BCUT2D eigenvalue weighted by molar-refractivity contribution is -0.384. The first kappa shape index (κ1) is 16.3. The summed E-state index contributed by atoms with van der Waals surface area (Å²) >= 11 is 7.37. The Balaban J connectivity index is 2.11. The van der Waals surface area contributed by atoms with E-state index in [9.17, 15) is 14.9 Å². The zero-order valence-corrected chi connectivity index (χ0v) is 13.3. The number of amides is 1. The number of halogens is 1. The van der Waals surface area contributed by atoms with Crippen molar-refractivity contribution in [2.75, 3.05) is 18.9 Å². The first-order valence-corrected chi connectivity index (χ1v) is 7.69. The third kappa shape index (κ3) is 3.96. The Morgan fingerprint density at radius 3 is 2.73 bits per heavy atom. The van der Waals surface area contributed by atoms with Crippen LogP contribution in [0.5, 0.6) is 0 Å². The van der Waals surface area contributed by atoms with Crippen molar-refractivity contribution < 1.29 is 9.72 Å². The van der Waals surface area contributed by atoms with E-state index in [4.69, 9.17) is 11.6 Å². The van der Waals surface area contributed by atoms with Crippen LogP contribution in [0.4, 0.5) is 11.4 Å². The number of anilines is 1. The number of nitrogens with one attached hydrogen (secondary N) is 2. The second-order valence-corrected chi connectivity index (χ2v) is 6.25. The van der Waals surface area contributed by atoms with E-state index >= 15 is 0 Å². The predicted molar refractivity (Wildman–Crippen MR) is 88.0 cm³/mol. The van der Waals surface area contributed by atoms with Crippen molar-refractivity contribution in [3.8, 4) is 0 Å². The van der Waals surface area contributed by atoms with E-state index in [0.29, 0.717) is 12.2 Å². The summed E-state index contributed by atoms with van der Waals surface area (Å²) in [5, 5.41) is 16.4. The molecule has 0 saturated carbocycles. The average molecular weight is 340 g/mol. The van der Waals surface area contributed by atoms with Crippen LogP contribution in [0.1, 0.15) is 15.2 Å². The van der Waals surface area contributed by atoms with Gasteiger partial charge in [-0.3, -0.25) is 14.9 Å². The molecule has 0 bridgehead atoms. The molecule has 0 aliphatic carbocycles. The summed E-state index contributed by atoms with van der Waals surface area (Å²) in [5.41, 5.74) is 0.697. The molecule has 0 radical (unpaired) electrons. The number of carbonyl (C=O) groups is 1. The van der Waals surface area contributed by atoms with Gasteiger partial charge in [0.25, 0.3) is 11.6 Å². The molecule has 1 aromatic carbocycles. The Kier molecular flexibility index (Phi) is 5.35. The molecule has 2 N–H and O–H groups in total. The highest BCUT2D eigenvalue weighted by atomic mass is 35.5. The lowest BCUT2D eigenvalue weighted by Crippen LogP contribution is -2.20. The summed E-state index contributed by atoms with van der Waals surface area (Å²) in [7, 11) is 1.48. The fourth-order valence-electron chi connectivity index (χ4n) is 1.93. The fraction of sp³-hybridized carbons (Fsp3) is 0.214. The molecule has 0 spiro atoms. The van der Waals surface area contributed by atoms with Crippen molar-refractivity contribution in [3.63, 3.8) is 0 Å². The van der Waals surface area contributed by atoms with Crippen LogP contribution in [0.3, 0.4) is 0 Å². The van der Waals surface area contributed by atoms with Crippen LogP contribution in [-0.4, -0.2) is 24.4 Å². The van der Waals surface area contributed by atoms with Crippen LogP contribution in [0.2, 0.25) is 4.34 Å².